The monoisotopic (exact) mass is 402 g/mol. The van der Waals surface area contributed by atoms with Crippen molar-refractivity contribution < 1.29 is 9.47 Å². The van der Waals surface area contributed by atoms with E-state index in [0.29, 0.717) is 39.8 Å². The molecule has 0 aliphatic heterocycles. The van der Waals surface area contributed by atoms with Gasteiger partial charge in [-0.1, -0.05) is 38.3 Å². The number of halogens is 2. The van der Waals surface area contributed by atoms with Crippen LogP contribution in [0.3, 0.4) is 0 Å². The van der Waals surface area contributed by atoms with Gasteiger partial charge in [0.2, 0.25) is 0 Å². The summed E-state index contributed by atoms with van der Waals surface area (Å²) in [6.07, 6.45) is 5.31. The number of unbranched alkanes of at least 4 members (excludes halogenated alkanes) is 2. The average molecular weight is 404 g/mol. The van der Waals surface area contributed by atoms with Crippen molar-refractivity contribution in [3.8, 4) is 11.5 Å². The Hall–Kier alpha value is -1.20. The maximum Gasteiger partial charge on any atom is 0.141 e. The zero-order valence-electron chi connectivity index (χ0n) is 13.6. The van der Waals surface area contributed by atoms with Crippen molar-refractivity contribution in [3.05, 3.63) is 33.4 Å². The number of benzene rings is 1. The molecule has 6 heteroatoms. The maximum absolute atomic E-state index is 8.22. The number of nitrogens with two attached hydrogens (primary N) is 1. The summed E-state index contributed by atoms with van der Waals surface area (Å²) >= 11 is 9.56. The second-order valence-corrected chi connectivity index (χ2v) is 6.33. The number of rotatable bonds is 10. The van der Waals surface area contributed by atoms with Gasteiger partial charge in [-0.15, -0.1) is 0 Å². The molecule has 0 atom stereocenters. The van der Waals surface area contributed by atoms with Crippen LogP contribution < -0.4 is 15.2 Å². The molecule has 0 bridgehead atoms. The molecule has 0 saturated carbocycles. The number of ether oxygens (including phenoxy) is 2. The fourth-order valence-electron chi connectivity index (χ4n) is 1.83. The Labute approximate surface area is 151 Å². The van der Waals surface area contributed by atoms with Crippen LogP contribution in [0.4, 0.5) is 0 Å². The van der Waals surface area contributed by atoms with Crippen LogP contribution in [0.1, 0.15) is 45.1 Å². The van der Waals surface area contributed by atoms with E-state index >= 15 is 0 Å². The van der Waals surface area contributed by atoms with Crippen LogP contribution >= 0.6 is 27.5 Å². The van der Waals surface area contributed by atoms with E-state index in [1.54, 1.807) is 12.1 Å². The van der Waals surface area contributed by atoms with Crippen LogP contribution in [0, 0.1) is 5.41 Å². The number of allylic oxidation sites excluding steroid dienone is 1. The first-order valence-corrected chi connectivity index (χ1v) is 8.98. The maximum atomic E-state index is 8.22. The van der Waals surface area contributed by atoms with Crippen LogP contribution in [-0.4, -0.2) is 18.9 Å². The summed E-state index contributed by atoms with van der Waals surface area (Å²) in [5.74, 6) is 1.16. The molecule has 0 fully saturated rings. The van der Waals surface area contributed by atoms with Crippen molar-refractivity contribution in [2.45, 2.75) is 39.5 Å². The Morgan fingerprint density at radius 2 is 1.74 bits per heavy atom. The molecule has 1 aromatic rings. The second kappa shape index (κ2) is 10.6. The third kappa shape index (κ3) is 6.07. The topological polar surface area (TPSA) is 68.3 Å². The molecule has 0 radical (unpaired) electrons. The van der Waals surface area contributed by atoms with E-state index in [2.05, 4.69) is 29.8 Å². The van der Waals surface area contributed by atoms with Gasteiger partial charge in [-0.05, 0) is 34.8 Å². The summed E-state index contributed by atoms with van der Waals surface area (Å²) in [4.78, 5) is 0. The summed E-state index contributed by atoms with van der Waals surface area (Å²) in [6, 6.07) is 3.45. The zero-order valence-corrected chi connectivity index (χ0v) is 16.0. The molecule has 0 saturated heterocycles. The van der Waals surface area contributed by atoms with Gasteiger partial charge < -0.3 is 15.2 Å². The Morgan fingerprint density at radius 3 is 2.26 bits per heavy atom. The normalized spacial score (nSPS) is 11.4. The minimum absolute atomic E-state index is 0.223. The standard InChI is InChI=1S/C17H24BrClN2O2/c1-3-5-7-22-15-10-16(23-8-6-4-2)14(19)9-12(15)17(21)13(18)11-20/h9-11,21H,3-8,20H2,1-2H3/b13-11+,21-17?. The molecule has 0 aliphatic carbocycles. The Balaban J connectivity index is 3.11. The van der Waals surface area contributed by atoms with Crippen molar-refractivity contribution in [2.24, 2.45) is 5.73 Å². The van der Waals surface area contributed by atoms with Gasteiger partial charge in [0.1, 0.15) is 11.5 Å². The van der Waals surface area contributed by atoms with E-state index in [4.69, 9.17) is 32.2 Å². The molecule has 0 aromatic heterocycles. The van der Waals surface area contributed by atoms with E-state index in [0.717, 1.165) is 25.7 Å². The number of nitrogens with one attached hydrogen (secondary N) is 1. The van der Waals surface area contributed by atoms with E-state index in [-0.39, 0.29) is 5.71 Å². The quantitative estimate of drug-likeness (QED) is 0.413. The molecule has 0 unspecified atom stereocenters. The third-order valence-corrected chi connectivity index (χ3v) is 4.16. The van der Waals surface area contributed by atoms with Crippen LogP contribution in [0.5, 0.6) is 11.5 Å². The minimum Gasteiger partial charge on any atom is -0.493 e. The Bertz CT molecular complexity index is 562. The summed E-state index contributed by atoms with van der Waals surface area (Å²) in [5.41, 5.74) is 6.29. The van der Waals surface area contributed by atoms with Crippen molar-refractivity contribution in [1.82, 2.24) is 0 Å². The molecule has 4 nitrogen and oxygen atoms in total. The van der Waals surface area contributed by atoms with E-state index in [9.17, 15) is 0 Å². The van der Waals surface area contributed by atoms with Crippen molar-refractivity contribution in [1.29, 1.82) is 5.41 Å². The Kier molecular flexibility index (Phi) is 9.10. The van der Waals surface area contributed by atoms with Crippen LogP contribution in [0.2, 0.25) is 5.02 Å². The summed E-state index contributed by atoms with van der Waals surface area (Å²) < 4.78 is 12.0. The zero-order chi connectivity index (χ0) is 17.2. The molecular weight excluding hydrogens is 380 g/mol. The number of hydrogen-bond donors (Lipinski definition) is 2. The van der Waals surface area contributed by atoms with Crippen LogP contribution in [0.25, 0.3) is 0 Å². The highest BCUT2D eigenvalue weighted by Gasteiger charge is 2.16. The van der Waals surface area contributed by atoms with Gasteiger partial charge in [0.15, 0.2) is 0 Å². The molecule has 1 aromatic carbocycles. The van der Waals surface area contributed by atoms with E-state index < -0.39 is 0 Å². The van der Waals surface area contributed by atoms with Crippen LogP contribution in [0.15, 0.2) is 22.8 Å². The summed E-state index contributed by atoms with van der Waals surface area (Å²) in [6.45, 7) is 5.39. The molecule has 0 heterocycles. The van der Waals surface area contributed by atoms with Gasteiger partial charge in [-0.2, -0.15) is 0 Å². The first kappa shape index (κ1) is 19.8. The van der Waals surface area contributed by atoms with Gasteiger partial charge in [0.25, 0.3) is 0 Å². The predicted octanol–water partition coefficient (Wildman–Crippen LogP) is 5.26. The Morgan fingerprint density at radius 1 is 1.17 bits per heavy atom. The van der Waals surface area contributed by atoms with Crippen molar-refractivity contribution in [2.75, 3.05) is 13.2 Å². The summed E-state index contributed by atoms with van der Waals surface area (Å²) in [5, 5.41) is 8.68. The fourth-order valence-corrected chi connectivity index (χ4v) is 2.26. The fraction of sp³-hybridized carbons (Fsp3) is 0.471. The van der Waals surface area contributed by atoms with Gasteiger partial charge >= 0.3 is 0 Å². The van der Waals surface area contributed by atoms with Crippen LogP contribution in [-0.2, 0) is 0 Å². The molecule has 23 heavy (non-hydrogen) atoms. The first-order valence-electron chi connectivity index (χ1n) is 7.80. The highest BCUT2D eigenvalue weighted by molar-refractivity contribution is 9.12. The SMILES string of the molecule is CCCCOc1cc(OCCCC)c(C(=N)/C(Br)=C\N)cc1Cl. The molecule has 0 aliphatic rings. The number of hydrogen-bond acceptors (Lipinski definition) is 4. The highest BCUT2D eigenvalue weighted by atomic mass is 79.9. The van der Waals surface area contributed by atoms with E-state index in [1.165, 1.54) is 6.20 Å². The third-order valence-electron chi connectivity index (χ3n) is 3.20. The van der Waals surface area contributed by atoms with Gasteiger partial charge in [-0.25, -0.2) is 0 Å². The van der Waals surface area contributed by atoms with Gasteiger partial charge in [0.05, 0.1) is 28.4 Å². The first-order chi connectivity index (χ1) is 11.0. The predicted molar refractivity (Wildman–Crippen MR) is 100 cm³/mol. The summed E-state index contributed by atoms with van der Waals surface area (Å²) in [7, 11) is 0. The lowest BCUT2D eigenvalue weighted by Crippen LogP contribution is -2.08. The molecular formula is C17H24BrClN2O2. The molecule has 3 N–H and O–H groups in total. The second-order valence-electron chi connectivity index (χ2n) is 5.07. The van der Waals surface area contributed by atoms with Crippen molar-refractivity contribution >= 4 is 33.2 Å². The molecule has 1 rings (SSSR count). The smallest absolute Gasteiger partial charge is 0.141 e. The minimum atomic E-state index is 0.223. The highest BCUT2D eigenvalue weighted by Crippen LogP contribution is 2.35. The van der Waals surface area contributed by atoms with E-state index in [1.807, 2.05) is 0 Å². The lowest BCUT2D eigenvalue weighted by Gasteiger charge is -2.16. The largest absolute Gasteiger partial charge is 0.493 e. The van der Waals surface area contributed by atoms with Gasteiger partial charge in [0, 0.05) is 17.8 Å². The lowest BCUT2D eigenvalue weighted by atomic mass is 10.1. The lowest BCUT2D eigenvalue weighted by molar-refractivity contribution is 0.294. The molecule has 128 valence electrons. The molecule has 0 amide bonds. The molecule has 0 spiro atoms. The van der Waals surface area contributed by atoms with Crippen molar-refractivity contribution in [3.63, 3.8) is 0 Å². The van der Waals surface area contributed by atoms with Gasteiger partial charge in [-0.3, -0.25) is 5.41 Å². The average Bonchev–Trinajstić information content (AvgIpc) is 2.56.